The molecule has 0 amide bonds. The Bertz CT molecular complexity index is 380. The number of aliphatic hydroxyl groups excluding tert-OH is 1. The predicted molar refractivity (Wildman–Crippen MR) is 66.8 cm³/mol. The third kappa shape index (κ3) is 3.27. The van der Waals surface area contributed by atoms with Crippen molar-refractivity contribution in [2.75, 3.05) is 24.2 Å². The summed E-state index contributed by atoms with van der Waals surface area (Å²) in [6, 6.07) is 3.47. The van der Waals surface area contributed by atoms with E-state index in [-0.39, 0.29) is 13.2 Å². The first-order valence-electron chi connectivity index (χ1n) is 4.98. The molecule has 4 nitrogen and oxygen atoms in total. The molecular weight excluding hydrogens is 228 g/mol. The second-order valence-electron chi connectivity index (χ2n) is 4.20. The van der Waals surface area contributed by atoms with Crippen LogP contribution in [-0.4, -0.2) is 29.0 Å². The molecule has 0 aliphatic carbocycles. The summed E-state index contributed by atoms with van der Waals surface area (Å²) in [5.41, 5.74) is 6.76. The average molecular weight is 245 g/mol. The van der Waals surface area contributed by atoms with Gasteiger partial charge in [0.1, 0.15) is 5.60 Å². The minimum absolute atomic E-state index is 0.241. The van der Waals surface area contributed by atoms with Gasteiger partial charge in [0.15, 0.2) is 0 Å². The van der Waals surface area contributed by atoms with Crippen molar-refractivity contribution in [2.24, 2.45) is 0 Å². The van der Waals surface area contributed by atoms with Gasteiger partial charge < -0.3 is 21.3 Å². The van der Waals surface area contributed by atoms with Gasteiger partial charge in [-0.15, -0.1) is 0 Å². The van der Waals surface area contributed by atoms with E-state index < -0.39 is 5.60 Å². The molecule has 0 aliphatic rings. The lowest BCUT2D eigenvalue weighted by atomic mass is 10.1. The van der Waals surface area contributed by atoms with Gasteiger partial charge in [-0.05, 0) is 31.5 Å². The summed E-state index contributed by atoms with van der Waals surface area (Å²) >= 11 is 5.89. The maximum atomic E-state index is 9.63. The highest BCUT2D eigenvalue weighted by atomic mass is 35.5. The molecule has 1 unspecified atom stereocenters. The highest BCUT2D eigenvalue weighted by Crippen LogP contribution is 2.26. The number of nitrogen functional groups attached to an aromatic ring is 1. The Morgan fingerprint density at radius 2 is 2.12 bits per heavy atom. The van der Waals surface area contributed by atoms with Crippen LogP contribution in [0.5, 0.6) is 0 Å². The number of nitrogens with one attached hydrogen (secondary N) is 1. The van der Waals surface area contributed by atoms with Crippen LogP contribution in [0.25, 0.3) is 0 Å². The first kappa shape index (κ1) is 13.1. The monoisotopic (exact) mass is 244 g/mol. The van der Waals surface area contributed by atoms with E-state index in [0.29, 0.717) is 10.7 Å². The number of anilines is 2. The number of aryl methyl sites for hydroxylation is 1. The van der Waals surface area contributed by atoms with Crippen LogP contribution in [0.1, 0.15) is 12.5 Å². The highest BCUT2D eigenvalue weighted by molar-refractivity contribution is 6.33. The van der Waals surface area contributed by atoms with Gasteiger partial charge >= 0.3 is 0 Å². The molecule has 0 aromatic heterocycles. The molecule has 0 saturated carbocycles. The van der Waals surface area contributed by atoms with E-state index in [1.165, 1.54) is 0 Å². The fourth-order valence-corrected chi connectivity index (χ4v) is 1.40. The lowest BCUT2D eigenvalue weighted by Crippen LogP contribution is -2.37. The molecule has 0 saturated heterocycles. The zero-order chi connectivity index (χ0) is 12.3. The van der Waals surface area contributed by atoms with Gasteiger partial charge in [-0.1, -0.05) is 11.6 Å². The van der Waals surface area contributed by atoms with Crippen LogP contribution in [-0.2, 0) is 0 Å². The topological polar surface area (TPSA) is 78.5 Å². The summed E-state index contributed by atoms with van der Waals surface area (Å²) in [6.45, 7) is 3.38. The lowest BCUT2D eigenvalue weighted by Gasteiger charge is -2.22. The molecule has 0 spiro atoms. The van der Waals surface area contributed by atoms with Gasteiger partial charge in [-0.2, -0.15) is 0 Å². The van der Waals surface area contributed by atoms with Gasteiger partial charge in [0.25, 0.3) is 0 Å². The van der Waals surface area contributed by atoms with Crippen molar-refractivity contribution in [1.82, 2.24) is 0 Å². The largest absolute Gasteiger partial charge is 0.398 e. The Kier molecular flexibility index (Phi) is 4.02. The average Bonchev–Trinajstić information content (AvgIpc) is 2.22. The smallest absolute Gasteiger partial charge is 0.102 e. The Morgan fingerprint density at radius 1 is 1.50 bits per heavy atom. The van der Waals surface area contributed by atoms with E-state index in [2.05, 4.69) is 5.32 Å². The first-order chi connectivity index (χ1) is 7.35. The minimum Gasteiger partial charge on any atom is -0.398 e. The molecule has 0 aliphatic heterocycles. The number of aliphatic hydroxyl groups is 2. The zero-order valence-electron chi connectivity index (χ0n) is 9.42. The Labute approximate surface area is 100 Å². The van der Waals surface area contributed by atoms with Gasteiger partial charge in [0.2, 0.25) is 0 Å². The van der Waals surface area contributed by atoms with Crippen molar-refractivity contribution in [3.63, 3.8) is 0 Å². The molecule has 1 aromatic rings. The van der Waals surface area contributed by atoms with Crippen LogP contribution in [0.3, 0.4) is 0 Å². The fraction of sp³-hybridized carbons (Fsp3) is 0.455. The molecule has 5 heteroatoms. The third-order valence-corrected chi connectivity index (χ3v) is 2.67. The van der Waals surface area contributed by atoms with E-state index in [1.807, 2.05) is 6.92 Å². The second kappa shape index (κ2) is 4.91. The Morgan fingerprint density at radius 3 is 2.69 bits per heavy atom. The van der Waals surface area contributed by atoms with E-state index in [9.17, 15) is 5.11 Å². The number of benzene rings is 1. The van der Waals surface area contributed by atoms with Crippen molar-refractivity contribution >= 4 is 23.0 Å². The molecule has 16 heavy (non-hydrogen) atoms. The van der Waals surface area contributed by atoms with Gasteiger partial charge in [-0.3, -0.25) is 0 Å². The van der Waals surface area contributed by atoms with Crippen LogP contribution in [0.15, 0.2) is 12.1 Å². The molecule has 1 atom stereocenters. The standard InChI is InChI=1S/C11H17ClN2O2/c1-7-3-9(13)8(12)4-10(7)14-5-11(2,16)6-15/h3-4,14-16H,5-6,13H2,1-2H3. The highest BCUT2D eigenvalue weighted by Gasteiger charge is 2.18. The second-order valence-corrected chi connectivity index (χ2v) is 4.60. The third-order valence-electron chi connectivity index (χ3n) is 2.34. The van der Waals surface area contributed by atoms with Crippen LogP contribution in [0, 0.1) is 6.92 Å². The summed E-state index contributed by atoms with van der Waals surface area (Å²) < 4.78 is 0. The summed E-state index contributed by atoms with van der Waals surface area (Å²) in [6.07, 6.45) is 0. The molecule has 1 rings (SSSR count). The quantitative estimate of drug-likeness (QED) is 0.604. The van der Waals surface area contributed by atoms with Gasteiger partial charge in [0.05, 0.1) is 17.3 Å². The summed E-state index contributed by atoms with van der Waals surface area (Å²) in [5, 5.41) is 22.0. The lowest BCUT2D eigenvalue weighted by molar-refractivity contribution is 0.0132. The Hall–Kier alpha value is -0.970. The molecule has 0 fully saturated rings. The van der Waals surface area contributed by atoms with E-state index in [4.69, 9.17) is 22.4 Å². The van der Waals surface area contributed by atoms with Crippen molar-refractivity contribution in [1.29, 1.82) is 0 Å². The van der Waals surface area contributed by atoms with Crippen molar-refractivity contribution in [3.8, 4) is 0 Å². The predicted octanol–water partition coefficient (Wildman–Crippen LogP) is 1.39. The van der Waals surface area contributed by atoms with Gasteiger partial charge in [0, 0.05) is 12.2 Å². The molecular formula is C11H17ClN2O2. The molecule has 0 bridgehead atoms. The van der Waals surface area contributed by atoms with E-state index >= 15 is 0 Å². The SMILES string of the molecule is Cc1cc(N)c(Cl)cc1NCC(C)(O)CO. The molecule has 0 heterocycles. The minimum atomic E-state index is -1.15. The van der Waals surface area contributed by atoms with Crippen LogP contribution in [0.4, 0.5) is 11.4 Å². The van der Waals surface area contributed by atoms with Crippen LogP contribution in [0.2, 0.25) is 5.02 Å². The van der Waals surface area contributed by atoms with E-state index in [0.717, 1.165) is 11.3 Å². The zero-order valence-corrected chi connectivity index (χ0v) is 10.2. The first-order valence-corrected chi connectivity index (χ1v) is 5.36. The molecule has 5 N–H and O–H groups in total. The van der Waals surface area contributed by atoms with Gasteiger partial charge in [-0.25, -0.2) is 0 Å². The number of rotatable bonds is 4. The Balaban J connectivity index is 2.79. The molecule has 0 radical (unpaired) electrons. The van der Waals surface area contributed by atoms with Crippen molar-refractivity contribution in [3.05, 3.63) is 22.7 Å². The molecule has 1 aromatic carbocycles. The van der Waals surface area contributed by atoms with Crippen molar-refractivity contribution in [2.45, 2.75) is 19.4 Å². The number of hydrogen-bond acceptors (Lipinski definition) is 4. The number of nitrogens with two attached hydrogens (primary N) is 1. The van der Waals surface area contributed by atoms with E-state index in [1.54, 1.807) is 19.1 Å². The normalized spacial score (nSPS) is 14.6. The summed E-state index contributed by atoms with van der Waals surface area (Å²) in [5.74, 6) is 0. The summed E-state index contributed by atoms with van der Waals surface area (Å²) in [7, 11) is 0. The van der Waals surface area contributed by atoms with Crippen LogP contribution >= 0.6 is 11.6 Å². The molecule has 90 valence electrons. The maximum Gasteiger partial charge on any atom is 0.102 e. The fourth-order valence-electron chi connectivity index (χ4n) is 1.24. The maximum absolute atomic E-state index is 9.63. The number of halogens is 1. The van der Waals surface area contributed by atoms with Crippen LogP contribution < -0.4 is 11.1 Å². The number of hydrogen-bond donors (Lipinski definition) is 4. The summed E-state index contributed by atoms with van der Waals surface area (Å²) in [4.78, 5) is 0. The van der Waals surface area contributed by atoms with Crippen molar-refractivity contribution < 1.29 is 10.2 Å².